The first-order valence-electron chi connectivity index (χ1n) is 4.45. The van der Waals surface area contributed by atoms with Crippen molar-refractivity contribution in [2.45, 2.75) is 12.6 Å². The largest absolute Gasteiger partial charge is 0.490 e. The van der Waals surface area contributed by atoms with E-state index in [0.29, 0.717) is 5.02 Å². The molecule has 4 nitrogen and oxygen atoms in total. The van der Waals surface area contributed by atoms with Crippen molar-refractivity contribution in [1.29, 1.82) is 0 Å². The van der Waals surface area contributed by atoms with E-state index in [-0.39, 0.29) is 12.3 Å². The lowest BCUT2D eigenvalue weighted by atomic mass is 10.1. The summed E-state index contributed by atoms with van der Waals surface area (Å²) >= 11 is 5.63. The summed E-state index contributed by atoms with van der Waals surface area (Å²) < 4.78 is 31.7. The van der Waals surface area contributed by atoms with Crippen LogP contribution in [0.5, 0.6) is 0 Å². The van der Waals surface area contributed by atoms with Crippen LogP contribution in [0.4, 0.5) is 13.2 Å². The highest BCUT2D eigenvalue weighted by atomic mass is 35.5. The summed E-state index contributed by atoms with van der Waals surface area (Å²) in [7, 11) is 0. The molecule has 1 aromatic rings. The Balaban J connectivity index is 0.000000360. The number of halogens is 4. The van der Waals surface area contributed by atoms with E-state index in [2.05, 4.69) is 0 Å². The number of carboxylic acids is 1. The van der Waals surface area contributed by atoms with E-state index >= 15 is 0 Å². The van der Waals surface area contributed by atoms with Gasteiger partial charge in [0.25, 0.3) is 0 Å². The minimum atomic E-state index is -5.08. The molecule has 0 heterocycles. The molecule has 0 aliphatic rings. The van der Waals surface area contributed by atoms with E-state index in [0.717, 1.165) is 5.56 Å². The number of nitrogens with two attached hydrogens (primary N) is 1. The number of carboxylic acid groups (broad SMARTS) is 1. The van der Waals surface area contributed by atoms with Gasteiger partial charge in [-0.3, -0.25) is 4.79 Å². The predicted molar refractivity (Wildman–Crippen MR) is 58.0 cm³/mol. The number of primary amides is 1. The summed E-state index contributed by atoms with van der Waals surface area (Å²) in [5.74, 6) is -3.08. The highest BCUT2D eigenvalue weighted by molar-refractivity contribution is 6.30. The summed E-state index contributed by atoms with van der Waals surface area (Å²) in [5.41, 5.74) is 5.88. The molecular weight excluding hydrogens is 275 g/mol. The van der Waals surface area contributed by atoms with Crippen molar-refractivity contribution < 1.29 is 27.9 Å². The van der Waals surface area contributed by atoms with Gasteiger partial charge in [-0.2, -0.15) is 13.2 Å². The van der Waals surface area contributed by atoms with E-state index in [4.69, 9.17) is 27.2 Å². The molecule has 0 saturated carbocycles. The highest BCUT2D eigenvalue weighted by Crippen LogP contribution is 2.13. The lowest BCUT2D eigenvalue weighted by Gasteiger charge is -1.95. The molecule has 0 saturated heterocycles. The zero-order valence-electron chi connectivity index (χ0n) is 8.87. The Morgan fingerprint density at radius 1 is 1.22 bits per heavy atom. The van der Waals surface area contributed by atoms with Crippen molar-refractivity contribution in [3.8, 4) is 0 Å². The van der Waals surface area contributed by atoms with Gasteiger partial charge in [0.05, 0.1) is 6.42 Å². The lowest BCUT2D eigenvalue weighted by Crippen LogP contribution is -2.21. The van der Waals surface area contributed by atoms with Crippen LogP contribution in [0.25, 0.3) is 0 Å². The van der Waals surface area contributed by atoms with Crippen LogP contribution >= 0.6 is 11.6 Å². The number of carbonyl (C=O) groups excluding carboxylic acids is 1. The number of alkyl halides is 3. The third-order valence-corrected chi connectivity index (χ3v) is 1.79. The molecule has 1 aromatic carbocycles. The fraction of sp³-hybridized carbons (Fsp3) is 0.200. The average Bonchev–Trinajstić information content (AvgIpc) is 2.20. The molecule has 0 aliphatic heterocycles. The number of carbonyl (C=O) groups is 2. The summed E-state index contributed by atoms with van der Waals surface area (Å²) in [4.78, 5) is 19.3. The van der Waals surface area contributed by atoms with Crippen LogP contribution in [0.2, 0.25) is 5.02 Å². The molecule has 100 valence electrons. The summed E-state index contributed by atoms with van der Waals surface area (Å²) in [6.07, 6.45) is -4.81. The Hall–Kier alpha value is -1.76. The Morgan fingerprint density at radius 3 is 1.89 bits per heavy atom. The van der Waals surface area contributed by atoms with Crippen molar-refractivity contribution in [3.63, 3.8) is 0 Å². The van der Waals surface area contributed by atoms with Crippen LogP contribution in [-0.4, -0.2) is 23.2 Å². The highest BCUT2D eigenvalue weighted by Gasteiger charge is 2.38. The van der Waals surface area contributed by atoms with Crippen LogP contribution in [0.3, 0.4) is 0 Å². The Labute approximate surface area is 105 Å². The molecule has 18 heavy (non-hydrogen) atoms. The second-order valence-corrected chi connectivity index (χ2v) is 3.51. The van der Waals surface area contributed by atoms with Gasteiger partial charge in [-0.05, 0) is 17.7 Å². The Morgan fingerprint density at radius 2 is 1.61 bits per heavy atom. The topological polar surface area (TPSA) is 80.4 Å². The van der Waals surface area contributed by atoms with Crippen LogP contribution in [0, 0.1) is 0 Å². The molecule has 3 N–H and O–H groups in total. The van der Waals surface area contributed by atoms with Gasteiger partial charge in [0.1, 0.15) is 0 Å². The van der Waals surface area contributed by atoms with E-state index in [1.54, 1.807) is 24.3 Å². The fourth-order valence-electron chi connectivity index (χ4n) is 0.803. The number of hydrogen-bond donors (Lipinski definition) is 2. The first-order valence-corrected chi connectivity index (χ1v) is 4.83. The monoisotopic (exact) mass is 283 g/mol. The summed E-state index contributed by atoms with van der Waals surface area (Å²) in [6.45, 7) is 0. The van der Waals surface area contributed by atoms with Gasteiger partial charge in [0.15, 0.2) is 0 Å². The zero-order valence-corrected chi connectivity index (χ0v) is 9.63. The van der Waals surface area contributed by atoms with Crippen LogP contribution in [0.1, 0.15) is 5.56 Å². The first-order chi connectivity index (χ1) is 8.12. The maximum absolute atomic E-state index is 10.6. The number of amides is 1. The third kappa shape index (κ3) is 7.50. The molecule has 0 radical (unpaired) electrons. The standard InChI is InChI=1S/C8H8ClNO.C2HF3O2/c9-7-3-1-6(2-4-7)5-8(10)11;3-2(4,5)1(6)7/h1-4H,5H2,(H2,10,11);(H,6,7). The average molecular weight is 284 g/mol. The molecule has 0 aliphatic carbocycles. The van der Waals surface area contributed by atoms with Crippen molar-refractivity contribution >= 4 is 23.5 Å². The molecule has 0 spiro atoms. The number of rotatable bonds is 2. The predicted octanol–water partition coefficient (Wildman–Crippen LogP) is 2.00. The summed E-state index contributed by atoms with van der Waals surface area (Å²) in [5, 5.41) is 7.79. The van der Waals surface area contributed by atoms with Gasteiger partial charge >= 0.3 is 12.1 Å². The van der Waals surface area contributed by atoms with E-state index in [9.17, 15) is 18.0 Å². The second kappa shape index (κ2) is 6.85. The summed E-state index contributed by atoms with van der Waals surface area (Å²) in [6, 6.07) is 7.04. The smallest absolute Gasteiger partial charge is 0.475 e. The van der Waals surface area contributed by atoms with E-state index in [1.807, 2.05) is 0 Å². The maximum Gasteiger partial charge on any atom is 0.490 e. The normalized spacial score (nSPS) is 10.2. The number of aliphatic carboxylic acids is 1. The molecule has 1 amide bonds. The molecule has 0 unspecified atom stereocenters. The molecule has 8 heteroatoms. The molecule has 0 fully saturated rings. The fourth-order valence-corrected chi connectivity index (χ4v) is 0.929. The van der Waals surface area contributed by atoms with Gasteiger partial charge in [-0.1, -0.05) is 23.7 Å². The number of hydrogen-bond acceptors (Lipinski definition) is 2. The van der Waals surface area contributed by atoms with Crippen molar-refractivity contribution in [2.24, 2.45) is 5.73 Å². The number of benzene rings is 1. The molecular formula is C10H9ClF3NO3. The second-order valence-electron chi connectivity index (χ2n) is 3.07. The molecule has 0 aromatic heterocycles. The van der Waals surface area contributed by atoms with Crippen LogP contribution in [-0.2, 0) is 16.0 Å². The molecule has 0 atom stereocenters. The SMILES string of the molecule is NC(=O)Cc1ccc(Cl)cc1.O=C(O)C(F)(F)F. The lowest BCUT2D eigenvalue weighted by molar-refractivity contribution is -0.192. The van der Waals surface area contributed by atoms with Crippen LogP contribution < -0.4 is 5.73 Å². The zero-order chi connectivity index (χ0) is 14.3. The Kier molecular flexibility index (Phi) is 6.18. The van der Waals surface area contributed by atoms with Crippen molar-refractivity contribution in [2.75, 3.05) is 0 Å². The quantitative estimate of drug-likeness (QED) is 0.871. The van der Waals surface area contributed by atoms with Gasteiger partial charge in [-0.25, -0.2) is 4.79 Å². The van der Waals surface area contributed by atoms with Crippen molar-refractivity contribution in [3.05, 3.63) is 34.9 Å². The molecule has 0 bridgehead atoms. The van der Waals surface area contributed by atoms with Gasteiger partial charge in [0.2, 0.25) is 5.91 Å². The van der Waals surface area contributed by atoms with E-state index < -0.39 is 12.1 Å². The Bertz CT molecular complexity index is 417. The van der Waals surface area contributed by atoms with Gasteiger partial charge < -0.3 is 10.8 Å². The minimum absolute atomic E-state index is 0.275. The van der Waals surface area contributed by atoms with E-state index in [1.165, 1.54) is 0 Å². The minimum Gasteiger partial charge on any atom is -0.475 e. The van der Waals surface area contributed by atoms with Gasteiger partial charge in [-0.15, -0.1) is 0 Å². The van der Waals surface area contributed by atoms with Gasteiger partial charge in [0, 0.05) is 5.02 Å². The third-order valence-electron chi connectivity index (χ3n) is 1.53. The van der Waals surface area contributed by atoms with Crippen LogP contribution in [0.15, 0.2) is 24.3 Å². The molecule has 1 rings (SSSR count). The first kappa shape index (κ1) is 16.2. The van der Waals surface area contributed by atoms with Crippen molar-refractivity contribution in [1.82, 2.24) is 0 Å². The maximum atomic E-state index is 10.6.